The highest BCUT2D eigenvalue weighted by Gasteiger charge is 2.28. The number of carbonyl (C=O) groups is 1. The van der Waals surface area contributed by atoms with Gasteiger partial charge in [-0.25, -0.2) is 0 Å². The molecule has 0 fully saturated rings. The van der Waals surface area contributed by atoms with E-state index in [9.17, 15) is 4.79 Å². The Bertz CT molecular complexity index is 252. The van der Waals surface area contributed by atoms with Gasteiger partial charge < -0.3 is 9.47 Å². The second-order valence-corrected chi connectivity index (χ2v) is 5.55. The summed E-state index contributed by atoms with van der Waals surface area (Å²) in [5, 5.41) is 0. The normalized spacial score (nSPS) is 17.9. The van der Waals surface area contributed by atoms with Gasteiger partial charge >= 0.3 is 5.97 Å². The number of rotatable bonds is 9. The van der Waals surface area contributed by atoms with Crippen LogP contribution in [0.15, 0.2) is 0 Å². The van der Waals surface area contributed by atoms with E-state index in [1.807, 2.05) is 13.8 Å². The molecule has 0 aliphatic rings. The Morgan fingerprint density at radius 2 is 1.56 bits per heavy atom. The lowest BCUT2D eigenvalue weighted by Crippen LogP contribution is -2.34. The molecule has 0 radical (unpaired) electrons. The second kappa shape index (κ2) is 7.78. The molecule has 0 bridgehead atoms. The molecule has 0 spiro atoms. The van der Waals surface area contributed by atoms with E-state index >= 15 is 0 Å². The molecular weight excluding hydrogens is 228 g/mol. The molecule has 3 nitrogen and oxygen atoms in total. The molecule has 0 aliphatic heterocycles. The zero-order chi connectivity index (χ0) is 14.2. The van der Waals surface area contributed by atoms with E-state index in [-0.39, 0.29) is 11.6 Å². The van der Waals surface area contributed by atoms with Crippen molar-refractivity contribution in [2.45, 2.75) is 84.8 Å². The first-order valence-corrected chi connectivity index (χ1v) is 7.14. The lowest BCUT2D eigenvalue weighted by molar-refractivity contribution is -0.159. The largest absolute Gasteiger partial charge is 0.459 e. The molecule has 0 heterocycles. The first-order chi connectivity index (χ1) is 8.31. The first kappa shape index (κ1) is 17.4. The van der Waals surface area contributed by atoms with Crippen LogP contribution in [0.1, 0.15) is 73.6 Å². The average Bonchev–Trinajstić information content (AvgIpc) is 2.28. The Hall–Kier alpha value is -0.570. The summed E-state index contributed by atoms with van der Waals surface area (Å²) < 4.78 is 11.4. The Kier molecular flexibility index (Phi) is 7.53. The minimum Gasteiger partial charge on any atom is -0.459 e. The molecule has 0 aromatic rings. The molecule has 2 atom stereocenters. The van der Waals surface area contributed by atoms with Crippen LogP contribution in [0.3, 0.4) is 0 Å². The van der Waals surface area contributed by atoms with E-state index in [4.69, 9.17) is 9.47 Å². The van der Waals surface area contributed by atoms with Crippen LogP contribution < -0.4 is 0 Å². The highest BCUT2D eigenvalue weighted by atomic mass is 16.6. The summed E-state index contributed by atoms with van der Waals surface area (Å²) in [6.45, 7) is 12.6. The van der Waals surface area contributed by atoms with Crippen molar-refractivity contribution in [3.05, 3.63) is 0 Å². The molecule has 0 aliphatic carbocycles. The minimum absolute atomic E-state index is 0.0420. The van der Waals surface area contributed by atoms with Crippen LogP contribution in [0.2, 0.25) is 0 Å². The fourth-order valence-electron chi connectivity index (χ4n) is 2.04. The summed E-state index contributed by atoms with van der Waals surface area (Å²) in [5.74, 6) is -0.217. The summed E-state index contributed by atoms with van der Waals surface area (Å²) in [6.07, 6.45) is 4.77. The molecular formula is C15H30O3. The summed E-state index contributed by atoms with van der Waals surface area (Å²) in [5.41, 5.74) is -0.438. The van der Waals surface area contributed by atoms with Crippen molar-refractivity contribution in [2.24, 2.45) is 0 Å². The zero-order valence-corrected chi connectivity index (χ0v) is 13.0. The van der Waals surface area contributed by atoms with Crippen molar-refractivity contribution in [2.75, 3.05) is 6.61 Å². The molecule has 2 unspecified atom stereocenters. The van der Waals surface area contributed by atoms with Crippen LogP contribution in [0.5, 0.6) is 0 Å². The molecule has 3 heteroatoms. The summed E-state index contributed by atoms with van der Waals surface area (Å²) >= 11 is 0. The SMILES string of the molecule is CCCC(C)(CC)OCCC(C)(CC)OC(C)=O. The smallest absolute Gasteiger partial charge is 0.303 e. The Morgan fingerprint density at radius 1 is 1.00 bits per heavy atom. The van der Waals surface area contributed by atoms with Gasteiger partial charge in [-0.05, 0) is 33.1 Å². The van der Waals surface area contributed by atoms with E-state index in [0.29, 0.717) is 6.61 Å². The third kappa shape index (κ3) is 6.39. The Morgan fingerprint density at radius 3 is 1.94 bits per heavy atom. The standard InChI is InChI=1S/C15H30O3/c1-7-10-14(5,8-2)17-12-11-15(6,9-3)18-13(4)16/h7-12H2,1-6H3. The quantitative estimate of drug-likeness (QED) is 0.584. The monoisotopic (exact) mass is 258 g/mol. The Labute approximate surface area is 112 Å². The maximum Gasteiger partial charge on any atom is 0.303 e. The molecule has 108 valence electrons. The predicted molar refractivity (Wildman–Crippen MR) is 74.6 cm³/mol. The predicted octanol–water partition coefficient (Wildman–Crippen LogP) is 4.09. The molecule has 0 N–H and O–H groups in total. The third-order valence-corrected chi connectivity index (χ3v) is 3.75. The molecule has 0 saturated carbocycles. The van der Waals surface area contributed by atoms with Gasteiger partial charge in [0, 0.05) is 13.3 Å². The van der Waals surface area contributed by atoms with Gasteiger partial charge in [0.2, 0.25) is 0 Å². The zero-order valence-electron chi connectivity index (χ0n) is 13.0. The maximum absolute atomic E-state index is 11.1. The van der Waals surface area contributed by atoms with Crippen molar-refractivity contribution in [1.82, 2.24) is 0 Å². The van der Waals surface area contributed by atoms with Crippen molar-refractivity contribution in [3.63, 3.8) is 0 Å². The van der Waals surface area contributed by atoms with Crippen LogP contribution in [-0.4, -0.2) is 23.8 Å². The maximum atomic E-state index is 11.1. The van der Waals surface area contributed by atoms with E-state index in [1.54, 1.807) is 0 Å². The van der Waals surface area contributed by atoms with Gasteiger partial charge in [-0.15, -0.1) is 0 Å². The number of hydrogen-bond acceptors (Lipinski definition) is 3. The van der Waals surface area contributed by atoms with Crippen LogP contribution in [0, 0.1) is 0 Å². The van der Waals surface area contributed by atoms with Gasteiger partial charge in [-0.1, -0.05) is 27.2 Å². The first-order valence-electron chi connectivity index (χ1n) is 7.14. The summed E-state index contributed by atoms with van der Waals surface area (Å²) in [6, 6.07) is 0. The molecule has 0 amide bonds. The third-order valence-electron chi connectivity index (χ3n) is 3.75. The van der Waals surface area contributed by atoms with Gasteiger partial charge in [-0.3, -0.25) is 4.79 Å². The van der Waals surface area contributed by atoms with E-state index < -0.39 is 5.60 Å². The van der Waals surface area contributed by atoms with Crippen LogP contribution in [0.4, 0.5) is 0 Å². The Balaban J connectivity index is 4.25. The fraction of sp³-hybridized carbons (Fsp3) is 0.933. The van der Waals surface area contributed by atoms with Gasteiger partial charge in [-0.2, -0.15) is 0 Å². The highest BCUT2D eigenvalue weighted by molar-refractivity contribution is 5.66. The second-order valence-electron chi connectivity index (χ2n) is 5.55. The van der Waals surface area contributed by atoms with Crippen molar-refractivity contribution < 1.29 is 14.3 Å². The molecule has 18 heavy (non-hydrogen) atoms. The van der Waals surface area contributed by atoms with Crippen molar-refractivity contribution in [1.29, 1.82) is 0 Å². The molecule has 0 aromatic heterocycles. The van der Waals surface area contributed by atoms with Crippen LogP contribution in [-0.2, 0) is 14.3 Å². The topological polar surface area (TPSA) is 35.5 Å². The van der Waals surface area contributed by atoms with Crippen molar-refractivity contribution in [3.8, 4) is 0 Å². The summed E-state index contributed by atoms with van der Waals surface area (Å²) in [7, 11) is 0. The number of ether oxygens (including phenoxy) is 2. The molecule has 0 rings (SSSR count). The van der Waals surface area contributed by atoms with Crippen molar-refractivity contribution >= 4 is 5.97 Å². The lowest BCUT2D eigenvalue weighted by atomic mass is 9.96. The van der Waals surface area contributed by atoms with Gasteiger partial charge in [0.05, 0.1) is 12.2 Å². The lowest BCUT2D eigenvalue weighted by Gasteiger charge is -2.32. The number of carbonyl (C=O) groups excluding carboxylic acids is 1. The summed E-state index contributed by atoms with van der Waals surface area (Å²) in [4.78, 5) is 11.1. The number of hydrogen-bond donors (Lipinski definition) is 0. The van der Waals surface area contributed by atoms with Gasteiger partial charge in [0.25, 0.3) is 0 Å². The minimum atomic E-state index is -0.396. The van der Waals surface area contributed by atoms with Gasteiger partial charge in [0.15, 0.2) is 0 Å². The molecule has 0 saturated heterocycles. The molecule has 0 aromatic carbocycles. The number of esters is 1. The van der Waals surface area contributed by atoms with Gasteiger partial charge in [0.1, 0.15) is 5.60 Å². The average molecular weight is 258 g/mol. The van der Waals surface area contributed by atoms with E-state index in [0.717, 1.165) is 32.1 Å². The van der Waals surface area contributed by atoms with Crippen LogP contribution >= 0.6 is 0 Å². The van der Waals surface area contributed by atoms with E-state index in [2.05, 4.69) is 20.8 Å². The fourth-order valence-corrected chi connectivity index (χ4v) is 2.04. The van der Waals surface area contributed by atoms with Crippen LogP contribution in [0.25, 0.3) is 0 Å². The van der Waals surface area contributed by atoms with E-state index in [1.165, 1.54) is 6.92 Å². The highest BCUT2D eigenvalue weighted by Crippen LogP contribution is 2.25.